The van der Waals surface area contributed by atoms with Crippen molar-refractivity contribution in [3.63, 3.8) is 0 Å². The predicted octanol–water partition coefficient (Wildman–Crippen LogP) is 16.7. The van der Waals surface area contributed by atoms with Crippen molar-refractivity contribution < 1.29 is 52.6 Å². The fourth-order valence-corrected chi connectivity index (χ4v) is 6.96. The van der Waals surface area contributed by atoms with Gasteiger partial charge in [-0.3, -0.25) is 20.0 Å². The van der Waals surface area contributed by atoms with Gasteiger partial charge in [-0.25, -0.2) is 9.97 Å². The Morgan fingerprint density at radius 2 is 0.701 bits per heavy atom. The van der Waals surface area contributed by atoms with Gasteiger partial charge in [0.15, 0.2) is 0 Å². The summed E-state index contributed by atoms with van der Waals surface area (Å²) in [4.78, 5) is 28.4. The second-order valence-corrected chi connectivity index (χ2v) is 18.8. The van der Waals surface area contributed by atoms with Gasteiger partial charge in [-0.15, -0.1) is 0 Å². The Labute approximate surface area is 416 Å². The van der Waals surface area contributed by atoms with E-state index < -0.39 is 23.5 Å². The summed E-state index contributed by atoms with van der Waals surface area (Å²) >= 11 is 0.389. The molecule has 2 aromatic heterocycles. The van der Waals surface area contributed by atoms with E-state index in [2.05, 4.69) is 34.3 Å². The first-order valence-electron chi connectivity index (χ1n) is 20.0. The molecule has 6 aromatic rings. The van der Waals surface area contributed by atoms with Crippen LogP contribution in [0.1, 0.15) is 95.0 Å². The summed E-state index contributed by atoms with van der Waals surface area (Å²) in [7, 11) is 19.1. The fraction of sp³-hybridized carbons (Fsp3) is 0.224. The average Bonchev–Trinajstić information content (AvgIpc) is 3.26. The van der Waals surface area contributed by atoms with Gasteiger partial charge in [-0.2, -0.15) is 26.3 Å². The van der Waals surface area contributed by atoms with Crippen LogP contribution in [0, 0.1) is 27.7 Å². The first-order chi connectivity index (χ1) is 31.6. The van der Waals surface area contributed by atoms with Crippen LogP contribution in [0.3, 0.4) is 0 Å². The topological polar surface area (TPSA) is 75.2 Å². The first-order valence-corrected chi connectivity index (χ1v) is 26.1. The van der Waals surface area contributed by atoms with Gasteiger partial charge >= 0.3 is 79.0 Å². The summed E-state index contributed by atoms with van der Waals surface area (Å²) in [5.41, 5.74) is 12.5. The van der Waals surface area contributed by atoms with Gasteiger partial charge in [-0.1, -0.05) is 36.4 Å². The van der Waals surface area contributed by atoms with Crippen molar-refractivity contribution in [1.29, 1.82) is 0 Å². The number of rotatable bonds is 10. The van der Waals surface area contributed by atoms with Crippen LogP contribution in [-0.2, 0) is 45.0 Å². The van der Waals surface area contributed by atoms with Crippen LogP contribution in [0.15, 0.2) is 129 Å². The molecule has 0 spiro atoms. The molecule has 0 radical (unpaired) electrons. The van der Waals surface area contributed by atoms with Crippen molar-refractivity contribution >= 4 is 86.0 Å². The molecule has 0 aliphatic rings. The SMILES string of the molecule is CC(=Nc1ccc(C(F)(F)F)cc1)c1cccc(C(C)=Nc2c(C)cc(Cc3cc(C)c(N=C(C)c4cccc(C(C)=Nc5ccc(C(F)(F)F)cc5)n4)c(C)c3)cc2C)n1.[Cl][Fe][Cl].[Cl][Fe][Cl]. The monoisotopic (exact) mass is 1080 g/mol. The van der Waals surface area contributed by atoms with Crippen LogP contribution in [0.5, 0.6) is 0 Å². The summed E-state index contributed by atoms with van der Waals surface area (Å²) < 4.78 is 78.0. The third-order valence-electron chi connectivity index (χ3n) is 10.0. The fourth-order valence-electron chi connectivity index (χ4n) is 6.96. The van der Waals surface area contributed by atoms with Crippen LogP contribution in [-0.4, -0.2) is 32.8 Å². The van der Waals surface area contributed by atoms with Crippen LogP contribution in [0.25, 0.3) is 0 Å². The molecule has 0 saturated heterocycles. The third kappa shape index (κ3) is 16.4. The van der Waals surface area contributed by atoms with Crippen molar-refractivity contribution in [3.05, 3.63) is 176 Å². The summed E-state index contributed by atoms with van der Waals surface area (Å²) in [6, 6.07) is 29.1. The number of alkyl halides is 6. The van der Waals surface area contributed by atoms with Crippen molar-refractivity contribution in [2.24, 2.45) is 20.0 Å². The van der Waals surface area contributed by atoms with E-state index in [0.717, 1.165) is 69.0 Å². The molecule has 6 nitrogen and oxygen atoms in total. The van der Waals surface area contributed by atoms with E-state index in [0.29, 0.717) is 63.4 Å². The van der Waals surface area contributed by atoms with Crippen molar-refractivity contribution in [2.75, 3.05) is 0 Å². The Bertz CT molecular complexity index is 2540. The van der Waals surface area contributed by atoms with E-state index in [1.165, 1.54) is 24.3 Å². The van der Waals surface area contributed by atoms with Crippen molar-refractivity contribution in [2.45, 2.75) is 74.2 Å². The van der Waals surface area contributed by atoms with Crippen LogP contribution in [0.2, 0.25) is 0 Å². The first kappa shape index (κ1) is 55.2. The molecule has 0 atom stereocenters. The molecule has 0 bridgehead atoms. The minimum absolute atomic E-state index is 0.194. The Morgan fingerprint density at radius 1 is 0.448 bits per heavy atom. The Hall–Kier alpha value is -4.36. The molecule has 0 saturated carbocycles. The summed E-state index contributed by atoms with van der Waals surface area (Å²) in [5, 5.41) is 0. The van der Waals surface area contributed by atoms with Crippen molar-refractivity contribution in [1.82, 2.24) is 9.97 Å². The van der Waals surface area contributed by atoms with Gasteiger partial charge in [-0.05, 0) is 168 Å². The number of hydrogen-bond donors (Lipinski definition) is 0. The number of halogens is 10. The van der Waals surface area contributed by atoms with Crippen LogP contribution in [0.4, 0.5) is 49.1 Å². The standard InChI is InChI=1S/C49H44F6N6.4ClH.2Fe/c1-28-23-36(24-29(2)46(28)58-34(7)44-13-9-11-42(60-44)32(5)56-40-19-15-38(16-20-40)48(50,51)52)27-37-25-30(3)47(31(4)26-37)59-35(8)45-14-10-12-43(61-45)33(6)57-41-21-17-39(18-22-41)49(53,54)55;;;;;;/h9-26H,27H2,1-8H3;4*1H;;/q;;;;;2*+2/p-4. The van der Waals surface area contributed by atoms with Gasteiger partial charge in [0, 0.05) is 0 Å². The molecule has 0 aliphatic carbocycles. The molecular formula is C49H44Cl4F6Fe2N6. The van der Waals surface area contributed by atoms with E-state index in [-0.39, 0.29) is 26.3 Å². The molecule has 4 aromatic carbocycles. The van der Waals surface area contributed by atoms with Crippen LogP contribution >= 0.6 is 40.4 Å². The van der Waals surface area contributed by atoms with E-state index in [4.69, 9.17) is 60.3 Å². The zero-order valence-electron chi connectivity index (χ0n) is 37.3. The Balaban J connectivity index is 0.00000155. The van der Waals surface area contributed by atoms with Gasteiger partial charge in [0.2, 0.25) is 0 Å². The molecule has 0 N–H and O–H groups in total. The molecule has 18 heteroatoms. The molecule has 0 amide bonds. The van der Waals surface area contributed by atoms with Gasteiger partial charge < -0.3 is 0 Å². The molecule has 6 rings (SSSR count). The second kappa shape index (κ2) is 25.3. The second-order valence-electron chi connectivity index (χ2n) is 15.1. The molecular weight excluding hydrogens is 1040 g/mol. The van der Waals surface area contributed by atoms with Crippen molar-refractivity contribution in [3.8, 4) is 0 Å². The molecule has 0 unspecified atom stereocenters. The van der Waals surface area contributed by atoms with E-state index in [1.54, 1.807) is 13.8 Å². The molecule has 2 heterocycles. The maximum absolute atomic E-state index is 13.0. The van der Waals surface area contributed by atoms with Gasteiger partial charge in [0.05, 0.1) is 79.5 Å². The average molecular weight is 1080 g/mol. The Morgan fingerprint density at radius 3 is 0.955 bits per heavy atom. The number of pyridine rings is 2. The van der Waals surface area contributed by atoms with Gasteiger partial charge in [0.1, 0.15) is 0 Å². The molecule has 0 aliphatic heterocycles. The number of benzene rings is 4. The zero-order valence-corrected chi connectivity index (χ0v) is 42.5. The number of aryl methyl sites for hydroxylation is 4. The van der Waals surface area contributed by atoms with E-state index in [1.807, 2.05) is 77.9 Å². The quantitative estimate of drug-likeness (QED) is 0.0779. The number of aliphatic imine (C=N–C) groups is 4. The number of hydrogen-bond acceptors (Lipinski definition) is 6. The summed E-state index contributed by atoms with van der Waals surface area (Å²) in [6.45, 7) is 15.5. The van der Waals surface area contributed by atoms with E-state index in [9.17, 15) is 26.3 Å². The molecule has 67 heavy (non-hydrogen) atoms. The Kier molecular flexibility index (Phi) is 20.9. The number of aromatic nitrogens is 2. The van der Waals surface area contributed by atoms with Crippen LogP contribution < -0.4 is 0 Å². The number of nitrogens with zero attached hydrogens (tertiary/aromatic N) is 6. The third-order valence-corrected chi connectivity index (χ3v) is 10.0. The molecule has 0 fully saturated rings. The van der Waals surface area contributed by atoms with Gasteiger partial charge in [0.25, 0.3) is 0 Å². The predicted molar refractivity (Wildman–Crippen MR) is 257 cm³/mol. The minimum atomic E-state index is -4.41. The van der Waals surface area contributed by atoms with E-state index >= 15 is 0 Å². The summed E-state index contributed by atoms with van der Waals surface area (Å²) in [6.07, 6.45) is -8.12. The normalized spacial score (nSPS) is 12.7. The maximum atomic E-state index is 13.0. The summed E-state index contributed by atoms with van der Waals surface area (Å²) in [5.74, 6) is 0. The zero-order chi connectivity index (χ0) is 49.6. The molecule has 356 valence electrons.